The van der Waals surface area contributed by atoms with Crippen molar-refractivity contribution in [2.75, 3.05) is 18.0 Å². The smallest absolute Gasteiger partial charge is 0.221 e. The lowest BCUT2D eigenvalue weighted by molar-refractivity contribution is -0.121. The van der Waals surface area contributed by atoms with E-state index in [9.17, 15) is 4.79 Å². The van der Waals surface area contributed by atoms with Gasteiger partial charge in [-0.25, -0.2) is 4.98 Å². The van der Waals surface area contributed by atoms with Crippen molar-refractivity contribution < 1.29 is 4.79 Å². The Kier molecular flexibility index (Phi) is 7.85. The second-order valence-corrected chi connectivity index (χ2v) is 8.20. The number of nitrogens with zero attached hydrogens (tertiary/aromatic N) is 3. The number of amides is 1. The minimum atomic E-state index is 0.0789. The molecule has 0 spiro atoms. The van der Waals surface area contributed by atoms with Crippen LogP contribution in [0.25, 0.3) is 0 Å². The minimum absolute atomic E-state index is 0.0789. The maximum atomic E-state index is 12.0. The van der Waals surface area contributed by atoms with Crippen molar-refractivity contribution in [3.63, 3.8) is 0 Å². The molecule has 0 fully saturated rings. The number of benzene rings is 1. The van der Waals surface area contributed by atoms with Crippen molar-refractivity contribution in [1.82, 2.24) is 14.7 Å². The number of rotatable bonds is 9. The van der Waals surface area contributed by atoms with Crippen LogP contribution in [-0.4, -0.2) is 34.4 Å². The van der Waals surface area contributed by atoms with Crippen LogP contribution in [0.5, 0.6) is 0 Å². The monoisotopic (exact) mass is 394 g/mol. The van der Waals surface area contributed by atoms with Gasteiger partial charge in [0.1, 0.15) is 5.82 Å². The van der Waals surface area contributed by atoms with Crippen LogP contribution in [0.15, 0.2) is 24.3 Å². The van der Waals surface area contributed by atoms with E-state index in [1.54, 1.807) is 0 Å². The van der Waals surface area contributed by atoms with Crippen LogP contribution in [0.2, 0.25) is 5.02 Å². The van der Waals surface area contributed by atoms with Crippen LogP contribution in [0.4, 0.5) is 5.13 Å². The fourth-order valence-electron chi connectivity index (χ4n) is 2.42. The molecule has 1 amide bonds. The molecule has 0 aliphatic carbocycles. The highest BCUT2D eigenvalue weighted by atomic mass is 35.5. The largest absolute Gasteiger partial charge is 0.356 e. The third-order valence-corrected chi connectivity index (χ3v) is 4.93. The third-order valence-electron chi connectivity index (χ3n) is 3.89. The summed E-state index contributed by atoms with van der Waals surface area (Å²) in [6, 6.07) is 7.98. The summed E-state index contributed by atoms with van der Waals surface area (Å²) in [5.41, 5.74) is 1.13. The van der Waals surface area contributed by atoms with Gasteiger partial charge in [0.05, 0.1) is 0 Å². The quantitative estimate of drug-likeness (QED) is 0.693. The zero-order valence-corrected chi connectivity index (χ0v) is 17.4. The predicted molar refractivity (Wildman–Crippen MR) is 109 cm³/mol. The number of hydrogen-bond donors (Lipinski definition) is 1. The third kappa shape index (κ3) is 6.57. The minimum Gasteiger partial charge on any atom is -0.356 e. The Morgan fingerprint density at radius 1 is 1.23 bits per heavy atom. The van der Waals surface area contributed by atoms with E-state index in [4.69, 9.17) is 11.6 Å². The predicted octanol–water partition coefficient (Wildman–Crippen LogP) is 4.16. The first-order chi connectivity index (χ1) is 12.3. The lowest BCUT2D eigenvalue weighted by Crippen LogP contribution is -2.36. The summed E-state index contributed by atoms with van der Waals surface area (Å²) in [6.07, 6.45) is 1.13. The highest BCUT2D eigenvalue weighted by Crippen LogP contribution is 2.22. The van der Waals surface area contributed by atoms with Gasteiger partial charge >= 0.3 is 0 Å². The highest BCUT2D eigenvalue weighted by molar-refractivity contribution is 7.09. The van der Waals surface area contributed by atoms with Crippen LogP contribution in [0.3, 0.4) is 0 Å². The molecular formula is C19H27ClN4OS. The van der Waals surface area contributed by atoms with Crippen molar-refractivity contribution in [3.05, 3.63) is 40.7 Å². The summed E-state index contributed by atoms with van der Waals surface area (Å²) >= 11 is 7.31. The first kappa shape index (κ1) is 20.6. The standard InChI is InChI=1S/C19H27ClN4OS/c1-13(2)12-21-18(25)9-10-24(14(3)4)19-22-17(23-26-19)11-15-5-7-16(20)8-6-15/h5-8,13-14H,9-12H2,1-4H3,(H,21,25). The lowest BCUT2D eigenvalue weighted by atomic mass is 10.1. The molecule has 0 saturated heterocycles. The van der Waals surface area contributed by atoms with Crippen molar-refractivity contribution in [2.45, 2.75) is 46.6 Å². The average Bonchev–Trinajstić information content (AvgIpc) is 3.03. The molecule has 2 aromatic rings. The second kappa shape index (κ2) is 9.88. The summed E-state index contributed by atoms with van der Waals surface area (Å²) in [4.78, 5) is 18.8. The second-order valence-electron chi connectivity index (χ2n) is 7.03. The van der Waals surface area contributed by atoms with E-state index in [2.05, 4.69) is 47.3 Å². The molecule has 5 nitrogen and oxygen atoms in total. The SMILES string of the molecule is CC(C)CNC(=O)CCN(c1nc(Cc2ccc(Cl)cc2)ns1)C(C)C. The summed E-state index contributed by atoms with van der Waals surface area (Å²) in [5.74, 6) is 1.33. The van der Waals surface area contributed by atoms with Crippen molar-refractivity contribution in [3.8, 4) is 0 Å². The molecule has 0 bridgehead atoms. The van der Waals surface area contributed by atoms with Crippen LogP contribution in [-0.2, 0) is 11.2 Å². The maximum Gasteiger partial charge on any atom is 0.221 e. The molecule has 0 radical (unpaired) electrons. The zero-order valence-electron chi connectivity index (χ0n) is 15.8. The summed E-state index contributed by atoms with van der Waals surface area (Å²) in [7, 11) is 0. The molecule has 0 aliphatic rings. The molecule has 26 heavy (non-hydrogen) atoms. The molecule has 0 aliphatic heterocycles. The van der Waals surface area contributed by atoms with Gasteiger partial charge in [0, 0.05) is 48.5 Å². The van der Waals surface area contributed by atoms with Gasteiger partial charge in [0.2, 0.25) is 11.0 Å². The average molecular weight is 395 g/mol. The Labute approximate surface area is 164 Å². The van der Waals surface area contributed by atoms with E-state index in [0.29, 0.717) is 31.8 Å². The Balaban J connectivity index is 1.96. The topological polar surface area (TPSA) is 58.1 Å². The molecule has 2 rings (SSSR count). The molecule has 7 heteroatoms. The van der Waals surface area contributed by atoms with E-state index in [1.807, 2.05) is 24.3 Å². The number of nitrogens with one attached hydrogen (secondary N) is 1. The molecular weight excluding hydrogens is 368 g/mol. The number of aromatic nitrogens is 2. The first-order valence-electron chi connectivity index (χ1n) is 8.95. The number of carbonyl (C=O) groups is 1. The molecule has 142 valence electrons. The van der Waals surface area contributed by atoms with Gasteiger partial charge < -0.3 is 10.2 Å². The van der Waals surface area contributed by atoms with E-state index in [1.165, 1.54) is 11.5 Å². The lowest BCUT2D eigenvalue weighted by Gasteiger charge is -2.25. The van der Waals surface area contributed by atoms with Gasteiger partial charge in [0.25, 0.3) is 0 Å². The van der Waals surface area contributed by atoms with Gasteiger partial charge in [0.15, 0.2) is 0 Å². The Bertz CT molecular complexity index is 700. The number of hydrogen-bond acceptors (Lipinski definition) is 5. The molecule has 1 aromatic heterocycles. The van der Waals surface area contributed by atoms with Gasteiger partial charge in [-0.1, -0.05) is 37.6 Å². The van der Waals surface area contributed by atoms with E-state index >= 15 is 0 Å². The maximum absolute atomic E-state index is 12.0. The van der Waals surface area contributed by atoms with Gasteiger partial charge in [-0.05, 0) is 37.5 Å². The van der Waals surface area contributed by atoms with E-state index in [-0.39, 0.29) is 11.9 Å². The Morgan fingerprint density at radius 2 is 1.92 bits per heavy atom. The van der Waals surface area contributed by atoms with Crippen LogP contribution in [0.1, 0.15) is 45.5 Å². The van der Waals surface area contributed by atoms with Crippen LogP contribution < -0.4 is 10.2 Å². The fraction of sp³-hybridized carbons (Fsp3) is 0.526. The highest BCUT2D eigenvalue weighted by Gasteiger charge is 2.17. The Hall–Kier alpha value is -1.66. The first-order valence-corrected chi connectivity index (χ1v) is 10.1. The summed E-state index contributed by atoms with van der Waals surface area (Å²) in [6.45, 7) is 9.73. The van der Waals surface area contributed by atoms with Crippen molar-refractivity contribution in [2.24, 2.45) is 5.92 Å². The van der Waals surface area contributed by atoms with Crippen molar-refractivity contribution >= 4 is 34.2 Å². The summed E-state index contributed by atoms with van der Waals surface area (Å²) in [5, 5.41) is 4.55. The molecule has 0 atom stereocenters. The molecule has 1 N–H and O–H groups in total. The molecule has 0 saturated carbocycles. The van der Waals surface area contributed by atoms with Crippen LogP contribution >= 0.6 is 23.1 Å². The molecule has 0 unspecified atom stereocenters. The Morgan fingerprint density at radius 3 is 2.54 bits per heavy atom. The fourth-order valence-corrected chi connectivity index (χ4v) is 3.39. The summed E-state index contributed by atoms with van der Waals surface area (Å²) < 4.78 is 4.48. The number of anilines is 1. The number of halogens is 1. The molecule has 1 aromatic carbocycles. The van der Waals surface area contributed by atoms with Gasteiger partial charge in [-0.3, -0.25) is 4.79 Å². The van der Waals surface area contributed by atoms with Crippen LogP contribution in [0, 0.1) is 5.92 Å². The van der Waals surface area contributed by atoms with Crippen molar-refractivity contribution in [1.29, 1.82) is 0 Å². The van der Waals surface area contributed by atoms with E-state index in [0.717, 1.165) is 21.5 Å². The van der Waals surface area contributed by atoms with Gasteiger partial charge in [-0.15, -0.1) is 0 Å². The van der Waals surface area contributed by atoms with Gasteiger partial charge in [-0.2, -0.15) is 4.37 Å². The van der Waals surface area contributed by atoms with E-state index < -0.39 is 0 Å². The molecule has 1 heterocycles. The zero-order chi connectivity index (χ0) is 19.1. The normalized spacial score (nSPS) is 11.2. The number of carbonyl (C=O) groups excluding carboxylic acids is 1.